The highest BCUT2D eigenvalue weighted by molar-refractivity contribution is 9.10. The van der Waals surface area contributed by atoms with Crippen molar-refractivity contribution >= 4 is 32.5 Å². The second kappa shape index (κ2) is 4.16. The van der Waals surface area contributed by atoms with Crippen molar-refractivity contribution in [1.29, 1.82) is 0 Å². The van der Waals surface area contributed by atoms with Gasteiger partial charge in [-0.15, -0.1) is 0 Å². The van der Waals surface area contributed by atoms with Gasteiger partial charge in [0.05, 0.1) is 16.9 Å². The minimum Gasteiger partial charge on any atom is -0.322 e. The van der Waals surface area contributed by atoms with Crippen LogP contribution >= 0.6 is 15.9 Å². The maximum atomic E-state index is 5.45. The first-order chi connectivity index (χ1) is 7.26. The van der Waals surface area contributed by atoms with Gasteiger partial charge in [0, 0.05) is 9.86 Å². The summed E-state index contributed by atoms with van der Waals surface area (Å²) in [7, 11) is 0. The Balaban J connectivity index is 2.75. The Morgan fingerprint density at radius 2 is 2.27 bits per heavy atom. The van der Waals surface area contributed by atoms with E-state index in [2.05, 4.69) is 33.3 Å². The summed E-state index contributed by atoms with van der Waals surface area (Å²) in [5, 5.41) is 1.08. The minimum absolute atomic E-state index is 0.858. The van der Waals surface area contributed by atoms with Crippen molar-refractivity contribution in [3.8, 4) is 0 Å². The van der Waals surface area contributed by atoms with Crippen LogP contribution in [0.1, 0.15) is 12.6 Å². The van der Waals surface area contributed by atoms with Crippen molar-refractivity contribution in [2.75, 3.05) is 5.43 Å². The van der Waals surface area contributed by atoms with Gasteiger partial charge in [0.25, 0.3) is 0 Å². The number of nitrogen functional groups attached to an aromatic ring is 1. The van der Waals surface area contributed by atoms with E-state index in [1.54, 1.807) is 0 Å². The summed E-state index contributed by atoms with van der Waals surface area (Å²) in [4.78, 5) is 4.57. The number of para-hydroxylation sites is 1. The van der Waals surface area contributed by atoms with Crippen molar-refractivity contribution in [2.45, 2.75) is 13.3 Å². The van der Waals surface area contributed by atoms with Crippen LogP contribution in [0.4, 0.5) is 5.69 Å². The zero-order chi connectivity index (χ0) is 10.8. The van der Waals surface area contributed by atoms with E-state index in [0.29, 0.717) is 0 Å². The average Bonchev–Trinajstić information content (AvgIpc) is 2.28. The van der Waals surface area contributed by atoms with E-state index in [4.69, 9.17) is 5.84 Å². The molecule has 0 radical (unpaired) electrons. The fraction of sp³-hybridized carbons (Fsp3) is 0.182. The van der Waals surface area contributed by atoms with Crippen LogP contribution in [0, 0.1) is 0 Å². The number of rotatable bonds is 2. The number of benzene rings is 1. The number of aryl methyl sites for hydroxylation is 1. The van der Waals surface area contributed by atoms with Crippen LogP contribution < -0.4 is 11.3 Å². The Morgan fingerprint density at radius 3 is 2.93 bits per heavy atom. The summed E-state index contributed by atoms with van der Waals surface area (Å²) in [6, 6.07) is 8.02. The molecule has 78 valence electrons. The summed E-state index contributed by atoms with van der Waals surface area (Å²) < 4.78 is 1.01. The molecule has 0 amide bonds. The Bertz CT molecular complexity index is 496. The molecule has 0 spiro atoms. The molecule has 0 bridgehead atoms. The first-order valence-electron chi connectivity index (χ1n) is 4.81. The van der Waals surface area contributed by atoms with Gasteiger partial charge in [0.15, 0.2) is 0 Å². The van der Waals surface area contributed by atoms with Crippen LogP contribution in [0.2, 0.25) is 0 Å². The van der Waals surface area contributed by atoms with Gasteiger partial charge in [-0.25, -0.2) is 4.98 Å². The SMILES string of the molecule is CCc1nc2c(Br)cccc2cc1NN. The van der Waals surface area contributed by atoms with Gasteiger partial charge in [0.1, 0.15) is 0 Å². The Labute approximate surface area is 96.8 Å². The third-order valence-electron chi connectivity index (χ3n) is 2.37. The van der Waals surface area contributed by atoms with Gasteiger partial charge >= 0.3 is 0 Å². The lowest BCUT2D eigenvalue weighted by atomic mass is 10.1. The maximum absolute atomic E-state index is 5.45. The van der Waals surface area contributed by atoms with Crippen molar-refractivity contribution in [2.24, 2.45) is 5.84 Å². The number of nitrogens with zero attached hydrogens (tertiary/aromatic N) is 1. The predicted molar refractivity (Wildman–Crippen MR) is 66.6 cm³/mol. The van der Waals surface area contributed by atoms with Crippen LogP contribution in [-0.4, -0.2) is 4.98 Å². The molecule has 4 heteroatoms. The smallest absolute Gasteiger partial charge is 0.0848 e. The van der Waals surface area contributed by atoms with Gasteiger partial charge in [0.2, 0.25) is 0 Å². The molecule has 2 aromatic rings. The third-order valence-corrected chi connectivity index (χ3v) is 3.01. The number of nitrogens with one attached hydrogen (secondary N) is 1. The normalized spacial score (nSPS) is 10.6. The lowest BCUT2D eigenvalue weighted by molar-refractivity contribution is 1.05. The standard InChI is InChI=1S/C11H12BrN3/c1-2-9-10(15-13)6-7-4-3-5-8(12)11(7)14-9/h3-6,15H,2,13H2,1H3. The molecule has 0 atom stereocenters. The van der Waals surface area contributed by atoms with Crippen LogP contribution in [0.3, 0.4) is 0 Å². The molecule has 1 heterocycles. The van der Waals surface area contributed by atoms with Crippen LogP contribution in [0.5, 0.6) is 0 Å². The van der Waals surface area contributed by atoms with E-state index in [-0.39, 0.29) is 0 Å². The number of fused-ring (bicyclic) bond motifs is 1. The fourth-order valence-corrected chi connectivity index (χ4v) is 2.07. The summed E-state index contributed by atoms with van der Waals surface area (Å²) in [6.07, 6.45) is 0.858. The predicted octanol–water partition coefficient (Wildman–Crippen LogP) is 2.85. The van der Waals surface area contributed by atoms with Gasteiger partial charge in [-0.1, -0.05) is 19.1 Å². The lowest BCUT2D eigenvalue weighted by Crippen LogP contribution is -2.10. The second-order valence-corrected chi connectivity index (χ2v) is 4.15. The molecule has 0 fully saturated rings. The van der Waals surface area contributed by atoms with Crippen molar-refractivity contribution in [1.82, 2.24) is 4.98 Å². The van der Waals surface area contributed by atoms with E-state index >= 15 is 0 Å². The molecule has 2 rings (SSSR count). The number of nitrogens with two attached hydrogens (primary N) is 1. The van der Waals surface area contributed by atoms with Gasteiger partial charge in [-0.3, -0.25) is 5.84 Å². The average molecular weight is 266 g/mol. The number of anilines is 1. The summed E-state index contributed by atoms with van der Waals surface area (Å²) in [5.74, 6) is 5.45. The zero-order valence-electron chi connectivity index (χ0n) is 8.42. The highest BCUT2D eigenvalue weighted by Gasteiger charge is 2.06. The fourth-order valence-electron chi connectivity index (χ4n) is 1.59. The van der Waals surface area contributed by atoms with Crippen molar-refractivity contribution < 1.29 is 0 Å². The molecule has 0 aliphatic heterocycles. The van der Waals surface area contributed by atoms with E-state index in [1.165, 1.54) is 0 Å². The second-order valence-electron chi connectivity index (χ2n) is 3.29. The molecule has 3 nitrogen and oxygen atoms in total. The molecule has 0 unspecified atom stereocenters. The van der Waals surface area contributed by atoms with Crippen molar-refractivity contribution in [3.05, 3.63) is 34.4 Å². The molecular formula is C11H12BrN3. The minimum atomic E-state index is 0.858. The van der Waals surface area contributed by atoms with E-state index in [0.717, 1.165) is 33.2 Å². The Kier molecular flexibility index (Phi) is 2.88. The molecule has 1 aromatic heterocycles. The number of hydrogen-bond donors (Lipinski definition) is 2. The maximum Gasteiger partial charge on any atom is 0.0848 e. The van der Waals surface area contributed by atoms with E-state index in [9.17, 15) is 0 Å². The third kappa shape index (κ3) is 1.82. The lowest BCUT2D eigenvalue weighted by Gasteiger charge is -2.08. The number of hydrazine groups is 1. The number of halogens is 1. The first kappa shape index (κ1) is 10.4. The van der Waals surface area contributed by atoms with Gasteiger partial charge in [-0.2, -0.15) is 0 Å². The monoisotopic (exact) mass is 265 g/mol. The first-order valence-corrected chi connectivity index (χ1v) is 5.60. The number of aromatic nitrogens is 1. The van der Waals surface area contributed by atoms with E-state index < -0.39 is 0 Å². The molecule has 3 N–H and O–H groups in total. The molecule has 0 aliphatic rings. The van der Waals surface area contributed by atoms with Crippen molar-refractivity contribution in [3.63, 3.8) is 0 Å². The molecule has 15 heavy (non-hydrogen) atoms. The highest BCUT2D eigenvalue weighted by atomic mass is 79.9. The molecule has 0 aliphatic carbocycles. The van der Waals surface area contributed by atoms with Gasteiger partial charge < -0.3 is 5.43 Å². The molecular weight excluding hydrogens is 254 g/mol. The Hall–Kier alpha value is -1.13. The molecule has 0 saturated heterocycles. The molecule has 1 aromatic carbocycles. The topological polar surface area (TPSA) is 50.9 Å². The summed E-state index contributed by atoms with van der Waals surface area (Å²) in [6.45, 7) is 2.06. The summed E-state index contributed by atoms with van der Waals surface area (Å²) in [5.41, 5.74) is 5.54. The summed E-state index contributed by atoms with van der Waals surface area (Å²) >= 11 is 3.49. The number of hydrogen-bond acceptors (Lipinski definition) is 3. The van der Waals surface area contributed by atoms with E-state index in [1.807, 2.05) is 24.3 Å². The molecule has 0 saturated carbocycles. The quantitative estimate of drug-likeness (QED) is 0.649. The van der Waals surface area contributed by atoms with Crippen LogP contribution in [-0.2, 0) is 6.42 Å². The van der Waals surface area contributed by atoms with Crippen LogP contribution in [0.15, 0.2) is 28.7 Å². The largest absolute Gasteiger partial charge is 0.322 e. The zero-order valence-corrected chi connectivity index (χ0v) is 10.0. The number of pyridine rings is 1. The Morgan fingerprint density at radius 1 is 1.47 bits per heavy atom. The van der Waals surface area contributed by atoms with Gasteiger partial charge in [-0.05, 0) is 34.5 Å². The van der Waals surface area contributed by atoms with Crippen LogP contribution in [0.25, 0.3) is 10.9 Å². The highest BCUT2D eigenvalue weighted by Crippen LogP contribution is 2.26.